The lowest BCUT2D eigenvalue weighted by atomic mass is 10.0. The lowest BCUT2D eigenvalue weighted by Crippen LogP contribution is -2.00. The molecule has 1 aromatic carbocycles. The standard InChI is InChI=1S/C22H27NO2/c1-18(19(2)15-17-25-22-14-8-9-16-23-22)10-6-7-13-21(24)20-11-4-3-5-12-20/h3-9,11-12,14,16,21,24H,10,13,15,17H2,1-2H3/b7-6+,19-18+. The van der Waals surface area contributed by atoms with Crippen molar-refractivity contribution >= 4 is 0 Å². The highest BCUT2D eigenvalue weighted by atomic mass is 16.5. The third-order valence-corrected chi connectivity index (χ3v) is 4.23. The van der Waals surface area contributed by atoms with E-state index in [0.29, 0.717) is 18.9 Å². The van der Waals surface area contributed by atoms with E-state index in [1.807, 2.05) is 48.5 Å². The topological polar surface area (TPSA) is 42.4 Å². The molecule has 0 radical (unpaired) electrons. The highest BCUT2D eigenvalue weighted by Gasteiger charge is 2.03. The summed E-state index contributed by atoms with van der Waals surface area (Å²) in [4.78, 5) is 4.15. The van der Waals surface area contributed by atoms with Crippen LogP contribution in [0, 0.1) is 0 Å². The Morgan fingerprint density at radius 2 is 1.80 bits per heavy atom. The number of aromatic nitrogens is 1. The average Bonchev–Trinajstić information content (AvgIpc) is 2.66. The van der Waals surface area contributed by atoms with E-state index in [-0.39, 0.29) is 0 Å². The largest absolute Gasteiger partial charge is 0.477 e. The number of hydrogen-bond donors (Lipinski definition) is 1. The molecule has 2 rings (SSSR count). The third-order valence-electron chi connectivity index (χ3n) is 4.23. The van der Waals surface area contributed by atoms with Gasteiger partial charge in [0.15, 0.2) is 0 Å². The smallest absolute Gasteiger partial charge is 0.213 e. The molecule has 0 saturated heterocycles. The molecule has 0 amide bonds. The van der Waals surface area contributed by atoms with Crippen LogP contribution in [-0.2, 0) is 0 Å². The van der Waals surface area contributed by atoms with Crippen molar-refractivity contribution in [2.24, 2.45) is 0 Å². The Morgan fingerprint density at radius 1 is 1.04 bits per heavy atom. The minimum Gasteiger partial charge on any atom is -0.477 e. The summed E-state index contributed by atoms with van der Waals surface area (Å²) in [5, 5.41) is 10.1. The number of benzene rings is 1. The fraction of sp³-hybridized carbons (Fsp3) is 0.318. The maximum Gasteiger partial charge on any atom is 0.213 e. The highest BCUT2D eigenvalue weighted by Crippen LogP contribution is 2.18. The average molecular weight is 337 g/mol. The summed E-state index contributed by atoms with van der Waals surface area (Å²) in [7, 11) is 0. The summed E-state index contributed by atoms with van der Waals surface area (Å²) in [5.74, 6) is 0.669. The van der Waals surface area contributed by atoms with Gasteiger partial charge in [0, 0.05) is 18.7 Å². The maximum absolute atomic E-state index is 10.1. The first-order chi connectivity index (χ1) is 12.2. The van der Waals surface area contributed by atoms with Gasteiger partial charge in [0.05, 0.1) is 12.7 Å². The van der Waals surface area contributed by atoms with Crippen LogP contribution < -0.4 is 4.74 Å². The van der Waals surface area contributed by atoms with Crippen molar-refractivity contribution < 1.29 is 9.84 Å². The first kappa shape index (κ1) is 18.9. The third kappa shape index (κ3) is 6.94. The molecule has 25 heavy (non-hydrogen) atoms. The van der Waals surface area contributed by atoms with Crippen LogP contribution in [0.4, 0.5) is 0 Å². The molecule has 1 heterocycles. The molecule has 1 aromatic heterocycles. The molecule has 1 atom stereocenters. The van der Waals surface area contributed by atoms with Gasteiger partial charge in [-0.05, 0) is 38.3 Å². The molecule has 3 nitrogen and oxygen atoms in total. The van der Waals surface area contributed by atoms with E-state index in [0.717, 1.165) is 18.4 Å². The zero-order valence-electron chi connectivity index (χ0n) is 15.1. The molecular formula is C22H27NO2. The molecule has 132 valence electrons. The van der Waals surface area contributed by atoms with E-state index in [9.17, 15) is 5.11 Å². The highest BCUT2D eigenvalue weighted by molar-refractivity contribution is 5.18. The maximum atomic E-state index is 10.1. The molecular weight excluding hydrogens is 310 g/mol. The van der Waals surface area contributed by atoms with E-state index in [1.54, 1.807) is 6.20 Å². The first-order valence-electron chi connectivity index (χ1n) is 8.74. The molecule has 0 aliphatic heterocycles. The van der Waals surface area contributed by atoms with Crippen LogP contribution in [0.25, 0.3) is 0 Å². The van der Waals surface area contributed by atoms with Crippen molar-refractivity contribution in [1.82, 2.24) is 4.98 Å². The van der Waals surface area contributed by atoms with E-state index >= 15 is 0 Å². The Labute approximate surface area is 150 Å². The molecule has 1 unspecified atom stereocenters. The Balaban J connectivity index is 1.72. The molecule has 0 saturated carbocycles. The normalized spacial score (nSPS) is 13.6. The van der Waals surface area contributed by atoms with E-state index < -0.39 is 6.10 Å². The van der Waals surface area contributed by atoms with Crippen LogP contribution in [0.3, 0.4) is 0 Å². The second-order valence-electron chi connectivity index (χ2n) is 6.16. The number of aliphatic hydroxyl groups excluding tert-OH is 1. The lowest BCUT2D eigenvalue weighted by molar-refractivity contribution is 0.181. The Bertz CT molecular complexity index is 678. The summed E-state index contributed by atoms with van der Waals surface area (Å²) >= 11 is 0. The number of hydrogen-bond acceptors (Lipinski definition) is 3. The van der Waals surface area contributed by atoms with Gasteiger partial charge in [-0.25, -0.2) is 4.98 Å². The Hall–Kier alpha value is -2.39. The van der Waals surface area contributed by atoms with E-state index in [2.05, 4.69) is 31.0 Å². The van der Waals surface area contributed by atoms with Gasteiger partial charge in [0.25, 0.3) is 0 Å². The number of allylic oxidation sites excluding steroid dienone is 2. The first-order valence-corrected chi connectivity index (χ1v) is 8.74. The summed E-state index contributed by atoms with van der Waals surface area (Å²) < 4.78 is 5.64. The molecule has 2 aromatic rings. The molecule has 0 aliphatic carbocycles. The van der Waals surface area contributed by atoms with Crippen LogP contribution in [0.15, 0.2) is 78.0 Å². The van der Waals surface area contributed by atoms with Crippen LogP contribution >= 0.6 is 0 Å². The zero-order chi connectivity index (χ0) is 17.9. The second kappa shape index (κ2) is 10.5. The van der Waals surface area contributed by atoms with Crippen molar-refractivity contribution in [1.29, 1.82) is 0 Å². The summed E-state index contributed by atoms with van der Waals surface area (Å²) in [6, 6.07) is 15.4. The fourth-order valence-corrected chi connectivity index (χ4v) is 2.43. The van der Waals surface area contributed by atoms with Gasteiger partial charge in [0.1, 0.15) is 0 Å². The predicted octanol–water partition coefficient (Wildman–Crippen LogP) is 5.26. The van der Waals surface area contributed by atoms with Gasteiger partial charge in [-0.15, -0.1) is 0 Å². The summed E-state index contributed by atoms with van der Waals surface area (Å²) in [6.07, 6.45) is 7.91. The van der Waals surface area contributed by atoms with Gasteiger partial charge in [0.2, 0.25) is 5.88 Å². The van der Waals surface area contributed by atoms with Crippen LogP contribution in [0.5, 0.6) is 5.88 Å². The van der Waals surface area contributed by atoms with Crippen molar-refractivity contribution in [3.05, 3.63) is 83.6 Å². The number of aliphatic hydroxyl groups is 1. The molecule has 1 N–H and O–H groups in total. The van der Waals surface area contributed by atoms with Crippen molar-refractivity contribution in [3.8, 4) is 5.88 Å². The predicted molar refractivity (Wildman–Crippen MR) is 102 cm³/mol. The molecule has 0 spiro atoms. The molecule has 0 aliphatic rings. The fourth-order valence-electron chi connectivity index (χ4n) is 2.43. The van der Waals surface area contributed by atoms with Gasteiger partial charge < -0.3 is 9.84 Å². The molecule has 0 bridgehead atoms. The van der Waals surface area contributed by atoms with Gasteiger partial charge in [-0.1, -0.05) is 59.7 Å². The number of nitrogens with zero attached hydrogens (tertiary/aromatic N) is 1. The van der Waals surface area contributed by atoms with E-state index in [4.69, 9.17) is 4.74 Å². The van der Waals surface area contributed by atoms with Gasteiger partial charge >= 0.3 is 0 Å². The summed E-state index contributed by atoms with van der Waals surface area (Å²) in [6.45, 7) is 4.93. The lowest BCUT2D eigenvalue weighted by Gasteiger charge is -2.09. The Morgan fingerprint density at radius 3 is 2.52 bits per heavy atom. The number of pyridine rings is 1. The van der Waals surface area contributed by atoms with Crippen LogP contribution in [0.2, 0.25) is 0 Å². The monoisotopic (exact) mass is 337 g/mol. The number of rotatable bonds is 9. The van der Waals surface area contributed by atoms with Gasteiger partial charge in [-0.2, -0.15) is 0 Å². The van der Waals surface area contributed by atoms with Crippen LogP contribution in [0.1, 0.15) is 44.8 Å². The second-order valence-corrected chi connectivity index (χ2v) is 6.16. The van der Waals surface area contributed by atoms with Crippen molar-refractivity contribution in [2.75, 3.05) is 6.61 Å². The van der Waals surface area contributed by atoms with E-state index in [1.165, 1.54) is 11.1 Å². The zero-order valence-corrected chi connectivity index (χ0v) is 15.1. The van der Waals surface area contributed by atoms with Crippen molar-refractivity contribution in [2.45, 2.75) is 39.2 Å². The van der Waals surface area contributed by atoms with Crippen molar-refractivity contribution in [3.63, 3.8) is 0 Å². The summed E-state index contributed by atoms with van der Waals surface area (Å²) in [5.41, 5.74) is 3.64. The van der Waals surface area contributed by atoms with Crippen LogP contribution in [-0.4, -0.2) is 16.7 Å². The quantitative estimate of drug-likeness (QED) is 0.635. The SMILES string of the molecule is C/C(C/C=C/CC(O)c1ccccc1)=C(/C)CCOc1ccccn1. The minimum atomic E-state index is -0.436. The molecule has 3 heteroatoms. The number of ether oxygens (including phenoxy) is 1. The minimum absolute atomic E-state index is 0.436. The molecule has 0 fully saturated rings. The Kier molecular flexibility index (Phi) is 7.93. The van der Waals surface area contributed by atoms with Gasteiger partial charge in [-0.3, -0.25) is 0 Å².